The van der Waals surface area contributed by atoms with Crippen LogP contribution in [0.25, 0.3) is 0 Å². The number of amides is 4. The number of ether oxygens (including phenoxy) is 2. The van der Waals surface area contributed by atoms with Crippen molar-refractivity contribution in [2.75, 3.05) is 48.4 Å². The molecule has 0 bridgehead atoms. The standard InChI is InChI=1S/C29H35ClN4O7S2/c1-18(2)26(31)28(38)42-14-4-3-5-24(35)34(27(37)22-10-11-23(30)43-22)16-21-15-33(29(39)41-21)20-8-6-19(7-9-20)32-12-13-40-17-25(32)36/h6-11,18,21,26H,3-5,12-17,31H2,1-2H3/t21?,26-/m0/s1. The number of thiophene rings is 1. The molecule has 2 aromatic rings. The molecule has 43 heavy (non-hydrogen) atoms. The lowest BCUT2D eigenvalue weighted by molar-refractivity contribution is -0.129. The zero-order valence-electron chi connectivity index (χ0n) is 24.0. The minimum absolute atomic E-state index is 0.0269. The summed E-state index contributed by atoms with van der Waals surface area (Å²) in [6.07, 6.45) is -0.193. The third-order valence-electron chi connectivity index (χ3n) is 7.07. The van der Waals surface area contributed by atoms with Gasteiger partial charge in [0, 0.05) is 30.1 Å². The van der Waals surface area contributed by atoms with Gasteiger partial charge in [-0.2, -0.15) is 0 Å². The van der Waals surface area contributed by atoms with Crippen LogP contribution >= 0.6 is 34.7 Å². The average Bonchev–Trinajstić information content (AvgIpc) is 3.59. The zero-order valence-corrected chi connectivity index (χ0v) is 26.4. The van der Waals surface area contributed by atoms with Crippen LogP contribution in [0.3, 0.4) is 0 Å². The van der Waals surface area contributed by atoms with Gasteiger partial charge in [0.15, 0.2) is 0 Å². The molecule has 2 aliphatic heterocycles. The van der Waals surface area contributed by atoms with Gasteiger partial charge < -0.3 is 20.1 Å². The Labute approximate surface area is 263 Å². The largest absolute Gasteiger partial charge is 0.442 e. The summed E-state index contributed by atoms with van der Waals surface area (Å²) in [6.45, 7) is 4.71. The Kier molecular flexibility index (Phi) is 11.6. The van der Waals surface area contributed by atoms with E-state index in [1.165, 1.54) is 4.90 Å². The lowest BCUT2D eigenvalue weighted by Crippen LogP contribution is -2.43. The van der Waals surface area contributed by atoms with Crippen molar-refractivity contribution in [3.63, 3.8) is 0 Å². The van der Waals surface area contributed by atoms with E-state index in [0.29, 0.717) is 52.3 Å². The van der Waals surface area contributed by atoms with Crippen LogP contribution in [0, 0.1) is 5.92 Å². The van der Waals surface area contributed by atoms with Crippen LogP contribution in [0.2, 0.25) is 4.34 Å². The van der Waals surface area contributed by atoms with Gasteiger partial charge in [0.1, 0.15) is 12.7 Å². The number of imide groups is 1. The molecule has 3 heterocycles. The summed E-state index contributed by atoms with van der Waals surface area (Å²) >= 11 is 8.26. The number of halogens is 1. The van der Waals surface area contributed by atoms with E-state index >= 15 is 0 Å². The van der Waals surface area contributed by atoms with E-state index in [4.69, 9.17) is 26.8 Å². The highest BCUT2D eigenvalue weighted by Gasteiger charge is 2.36. The Morgan fingerprint density at radius 1 is 1.09 bits per heavy atom. The Balaban J connectivity index is 1.37. The van der Waals surface area contributed by atoms with Gasteiger partial charge in [-0.15, -0.1) is 11.3 Å². The number of carbonyl (C=O) groups is 5. The first kappa shape index (κ1) is 32.9. The van der Waals surface area contributed by atoms with Crippen molar-refractivity contribution >= 4 is 75.0 Å². The van der Waals surface area contributed by atoms with Crippen molar-refractivity contribution in [3.05, 3.63) is 45.6 Å². The van der Waals surface area contributed by atoms with Gasteiger partial charge in [0.05, 0.1) is 35.0 Å². The van der Waals surface area contributed by atoms with Crippen LogP contribution < -0.4 is 15.5 Å². The fourth-order valence-electron chi connectivity index (χ4n) is 4.55. The third-order valence-corrected chi connectivity index (χ3v) is 9.34. The second-order valence-electron chi connectivity index (χ2n) is 10.5. The number of hydrogen-bond acceptors (Lipinski definition) is 10. The summed E-state index contributed by atoms with van der Waals surface area (Å²) in [5.41, 5.74) is 7.16. The molecule has 0 spiro atoms. The molecule has 0 aliphatic carbocycles. The first-order valence-electron chi connectivity index (χ1n) is 14.0. The van der Waals surface area contributed by atoms with Crippen molar-refractivity contribution in [1.29, 1.82) is 0 Å². The van der Waals surface area contributed by atoms with E-state index in [-0.39, 0.29) is 43.1 Å². The molecule has 1 aromatic carbocycles. The lowest BCUT2D eigenvalue weighted by atomic mass is 10.1. The Morgan fingerprint density at radius 3 is 2.42 bits per heavy atom. The molecular weight excluding hydrogens is 616 g/mol. The minimum Gasteiger partial charge on any atom is -0.442 e. The molecule has 2 N–H and O–H groups in total. The number of morpholine rings is 1. The van der Waals surface area contributed by atoms with Gasteiger partial charge >= 0.3 is 6.09 Å². The fraction of sp³-hybridized carbons (Fsp3) is 0.483. The first-order chi connectivity index (χ1) is 20.5. The van der Waals surface area contributed by atoms with Gasteiger partial charge in [-0.25, -0.2) is 4.79 Å². The second-order valence-corrected chi connectivity index (χ2v) is 13.4. The van der Waals surface area contributed by atoms with E-state index in [1.807, 2.05) is 13.8 Å². The number of cyclic esters (lactones) is 1. The SMILES string of the molecule is CC(C)[C@H](N)C(=O)SCCCCC(=O)N(CC1CN(c2ccc(N3CCOCC3=O)cc2)C(=O)O1)C(=O)c1ccc(Cl)s1. The summed E-state index contributed by atoms with van der Waals surface area (Å²) in [7, 11) is 0. The van der Waals surface area contributed by atoms with Crippen molar-refractivity contribution in [2.24, 2.45) is 11.7 Å². The highest BCUT2D eigenvalue weighted by Crippen LogP contribution is 2.28. The number of hydrogen-bond donors (Lipinski definition) is 1. The maximum atomic E-state index is 13.4. The Hall–Kier alpha value is -2.97. The minimum atomic E-state index is -0.748. The quantitative estimate of drug-likeness (QED) is 0.335. The predicted octanol–water partition coefficient (Wildman–Crippen LogP) is 4.17. The normalized spacial score (nSPS) is 17.7. The van der Waals surface area contributed by atoms with Crippen LogP contribution in [0.1, 0.15) is 42.8 Å². The number of rotatable bonds is 12. The molecular formula is C29H35ClN4O7S2. The molecule has 2 saturated heterocycles. The van der Waals surface area contributed by atoms with Crippen molar-refractivity contribution in [2.45, 2.75) is 45.3 Å². The average molecular weight is 651 g/mol. The highest BCUT2D eigenvalue weighted by atomic mass is 35.5. The van der Waals surface area contributed by atoms with Gasteiger partial charge in [0.2, 0.25) is 11.0 Å². The maximum absolute atomic E-state index is 13.4. The smallest absolute Gasteiger partial charge is 0.414 e. The van der Waals surface area contributed by atoms with E-state index in [9.17, 15) is 24.0 Å². The molecule has 0 radical (unpaired) electrons. The summed E-state index contributed by atoms with van der Waals surface area (Å²) < 4.78 is 11.2. The van der Waals surface area contributed by atoms with Crippen molar-refractivity contribution in [1.82, 2.24) is 4.90 Å². The first-order valence-corrected chi connectivity index (χ1v) is 16.2. The Morgan fingerprint density at radius 2 is 1.79 bits per heavy atom. The van der Waals surface area contributed by atoms with Gasteiger partial charge in [0.25, 0.3) is 11.8 Å². The third kappa shape index (κ3) is 8.57. The van der Waals surface area contributed by atoms with Crippen LogP contribution in [0.5, 0.6) is 0 Å². The molecule has 4 rings (SSSR count). The van der Waals surface area contributed by atoms with E-state index in [2.05, 4.69) is 0 Å². The number of anilines is 2. The van der Waals surface area contributed by atoms with Gasteiger partial charge in [-0.05, 0) is 55.2 Å². The molecule has 11 nitrogen and oxygen atoms in total. The monoisotopic (exact) mass is 650 g/mol. The topological polar surface area (TPSA) is 140 Å². The zero-order chi connectivity index (χ0) is 31.1. The second kappa shape index (κ2) is 15.2. The number of benzene rings is 1. The highest BCUT2D eigenvalue weighted by molar-refractivity contribution is 8.13. The van der Waals surface area contributed by atoms with Crippen molar-refractivity contribution < 1.29 is 33.4 Å². The summed E-state index contributed by atoms with van der Waals surface area (Å²) in [5.74, 6) is -0.479. The van der Waals surface area contributed by atoms with Gasteiger partial charge in [-0.3, -0.25) is 29.0 Å². The maximum Gasteiger partial charge on any atom is 0.414 e. The van der Waals surface area contributed by atoms with Crippen LogP contribution in [-0.4, -0.2) is 84.6 Å². The molecule has 2 atom stereocenters. The molecule has 232 valence electrons. The van der Waals surface area contributed by atoms with Crippen LogP contribution in [-0.2, 0) is 23.9 Å². The number of nitrogens with two attached hydrogens (primary N) is 1. The summed E-state index contributed by atoms with van der Waals surface area (Å²) in [5, 5.41) is -0.0791. The number of carbonyl (C=O) groups excluding carboxylic acids is 5. The number of unbranched alkanes of at least 4 members (excludes halogenated alkanes) is 1. The fourth-order valence-corrected chi connectivity index (χ4v) is 6.56. The van der Waals surface area contributed by atoms with Crippen LogP contribution in [0.15, 0.2) is 36.4 Å². The molecule has 1 unspecified atom stereocenters. The lowest BCUT2D eigenvalue weighted by Gasteiger charge is -2.27. The molecule has 2 fully saturated rings. The molecule has 1 aromatic heterocycles. The van der Waals surface area contributed by atoms with E-state index in [0.717, 1.165) is 28.0 Å². The molecule has 14 heteroatoms. The van der Waals surface area contributed by atoms with E-state index in [1.54, 1.807) is 41.3 Å². The Bertz CT molecular complexity index is 1340. The predicted molar refractivity (Wildman–Crippen MR) is 167 cm³/mol. The van der Waals surface area contributed by atoms with Crippen molar-refractivity contribution in [3.8, 4) is 0 Å². The summed E-state index contributed by atoms with van der Waals surface area (Å²) in [6, 6.07) is 9.56. The molecule has 2 aliphatic rings. The molecule has 0 saturated carbocycles. The number of thioether (sulfide) groups is 1. The molecule has 4 amide bonds. The van der Waals surface area contributed by atoms with Crippen LogP contribution in [0.4, 0.5) is 16.2 Å². The van der Waals surface area contributed by atoms with E-state index < -0.39 is 30.1 Å². The van der Waals surface area contributed by atoms with Gasteiger partial charge in [-0.1, -0.05) is 37.2 Å². The number of nitrogens with zero attached hydrogens (tertiary/aromatic N) is 3. The summed E-state index contributed by atoms with van der Waals surface area (Å²) in [4.78, 5) is 68.2.